The Morgan fingerprint density at radius 3 is 3.08 bits per heavy atom. The number of anilines is 1. The van der Waals surface area contributed by atoms with Gasteiger partial charge in [0, 0.05) is 24.9 Å². The standard InChI is InChI=1S/C18H18FN5O2/c19-13-3-1-2-4-14(13)25-7-11-8-26-15-6-24(5-12(11)15)18-16-17(21-9-20-16)22-10-23-18/h1-4,9-12,15H,5-8H2,(H,20,21,22,23)/t11-,12+,15+/m0/s1. The average Bonchev–Trinajstić information content (AvgIpc) is 3.36. The van der Waals surface area contributed by atoms with Crippen LogP contribution in [0.2, 0.25) is 0 Å². The zero-order valence-corrected chi connectivity index (χ0v) is 14.0. The summed E-state index contributed by atoms with van der Waals surface area (Å²) in [6, 6.07) is 6.49. The summed E-state index contributed by atoms with van der Waals surface area (Å²) in [5, 5.41) is 0. The van der Waals surface area contributed by atoms with Crippen LogP contribution in [0, 0.1) is 17.7 Å². The van der Waals surface area contributed by atoms with Crippen molar-refractivity contribution in [2.45, 2.75) is 6.10 Å². The second kappa shape index (κ2) is 6.21. The molecule has 0 bridgehead atoms. The van der Waals surface area contributed by atoms with Gasteiger partial charge >= 0.3 is 0 Å². The molecule has 2 aliphatic heterocycles. The Hall–Kier alpha value is -2.74. The van der Waals surface area contributed by atoms with Gasteiger partial charge in [-0.25, -0.2) is 19.3 Å². The zero-order valence-electron chi connectivity index (χ0n) is 14.0. The second-order valence-corrected chi connectivity index (χ2v) is 6.74. The van der Waals surface area contributed by atoms with Crippen LogP contribution in [0.5, 0.6) is 5.75 Å². The third-order valence-corrected chi connectivity index (χ3v) is 5.23. The maximum atomic E-state index is 13.7. The van der Waals surface area contributed by atoms with Crippen molar-refractivity contribution >= 4 is 17.0 Å². The fourth-order valence-corrected chi connectivity index (χ4v) is 3.89. The Labute approximate surface area is 149 Å². The molecule has 26 heavy (non-hydrogen) atoms. The lowest BCUT2D eigenvalue weighted by Crippen LogP contribution is -2.27. The minimum atomic E-state index is -0.335. The molecule has 7 nitrogen and oxygen atoms in total. The summed E-state index contributed by atoms with van der Waals surface area (Å²) in [6.07, 6.45) is 3.30. The highest BCUT2D eigenvalue weighted by Gasteiger charge is 2.45. The first-order valence-corrected chi connectivity index (χ1v) is 8.67. The summed E-state index contributed by atoms with van der Waals surface area (Å²) in [6.45, 7) is 2.67. The Balaban J connectivity index is 1.30. The van der Waals surface area contributed by atoms with Crippen LogP contribution in [0.15, 0.2) is 36.9 Å². The number of aromatic nitrogens is 4. The normalized spacial score (nSPS) is 25.0. The smallest absolute Gasteiger partial charge is 0.182 e. The van der Waals surface area contributed by atoms with Gasteiger partial charge in [0.25, 0.3) is 0 Å². The molecule has 0 amide bonds. The molecular weight excluding hydrogens is 337 g/mol. The summed E-state index contributed by atoms with van der Waals surface area (Å²) in [7, 11) is 0. The second-order valence-electron chi connectivity index (χ2n) is 6.74. The molecule has 2 aromatic heterocycles. The first-order chi connectivity index (χ1) is 12.8. The van der Waals surface area contributed by atoms with Crippen molar-refractivity contribution < 1.29 is 13.9 Å². The molecule has 5 rings (SSSR count). The number of imidazole rings is 1. The van der Waals surface area contributed by atoms with Crippen molar-refractivity contribution in [3.8, 4) is 5.75 Å². The fraction of sp³-hybridized carbons (Fsp3) is 0.389. The molecule has 2 fully saturated rings. The molecule has 3 aromatic rings. The SMILES string of the molecule is Fc1ccccc1OC[C@H]1CO[C@@H]2CN(c3ncnc4nc[nH]c34)C[C@H]12. The van der Waals surface area contributed by atoms with Crippen LogP contribution < -0.4 is 9.64 Å². The van der Waals surface area contributed by atoms with E-state index in [1.54, 1.807) is 24.5 Å². The molecule has 0 unspecified atom stereocenters. The van der Waals surface area contributed by atoms with E-state index in [4.69, 9.17) is 9.47 Å². The van der Waals surface area contributed by atoms with Crippen LogP contribution in [-0.4, -0.2) is 52.3 Å². The lowest BCUT2D eigenvalue weighted by atomic mass is 9.94. The van der Waals surface area contributed by atoms with Crippen molar-refractivity contribution in [1.29, 1.82) is 0 Å². The number of para-hydroxylation sites is 1. The monoisotopic (exact) mass is 355 g/mol. The maximum absolute atomic E-state index is 13.7. The lowest BCUT2D eigenvalue weighted by molar-refractivity contribution is 0.108. The Kier molecular flexibility index (Phi) is 3.70. The number of hydrogen-bond donors (Lipinski definition) is 1. The van der Waals surface area contributed by atoms with E-state index in [1.807, 2.05) is 0 Å². The summed E-state index contributed by atoms with van der Waals surface area (Å²) in [5.41, 5.74) is 1.50. The summed E-state index contributed by atoms with van der Waals surface area (Å²) in [4.78, 5) is 18.1. The molecule has 0 saturated carbocycles. The van der Waals surface area contributed by atoms with Gasteiger partial charge in [0.1, 0.15) is 11.8 Å². The van der Waals surface area contributed by atoms with Crippen LogP contribution in [0.3, 0.4) is 0 Å². The number of hydrogen-bond acceptors (Lipinski definition) is 6. The van der Waals surface area contributed by atoms with Gasteiger partial charge in [-0.2, -0.15) is 0 Å². The van der Waals surface area contributed by atoms with Gasteiger partial charge in [-0.3, -0.25) is 0 Å². The van der Waals surface area contributed by atoms with Crippen molar-refractivity contribution in [2.24, 2.45) is 11.8 Å². The van der Waals surface area contributed by atoms with Gasteiger partial charge in [0.2, 0.25) is 0 Å². The van der Waals surface area contributed by atoms with Gasteiger partial charge in [0.15, 0.2) is 23.0 Å². The lowest BCUT2D eigenvalue weighted by Gasteiger charge is -2.21. The molecule has 134 valence electrons. The molecule has 1 aromatic carbocycles. The number of benzene rings is 1. The largest absolute Gasteiger partial charge is 0.490 e. The molecule has 0 radical (unpaired) electrons. The van der Waals surface area contributed by atoms with Crippen LogP contribution in [0.4, 0.5) is 10.2 Å². The van der Waals surface area contributed by atoms with Crippen LogP contribution in [0.1, 0.15) is 0 Å². The van der Waals surface area contributed by atoms with E-state index < -0.39 is 0 Å². The fourth-order valence-electron chi connectivity index (χ4n) is 3.89. The van der Waals surface area contributed by atoms with E-state index in [-0.39, 0.29) is 17.8 Å². The minimum absolute atomic E-state index is 0.136. The predicted octanol–water partition coefficient (Wildman–Crippen LogP) is 2.02. The molecule has 0 spiro atoms. The topological polar surface area (TPSA) is 76.2 Å². The van der Waals surface area contributed by atoms with E-state index in [1.165, 1.54) is 12.4 Å². The van der Waals surface area contributed by atoms with E-state index in [2.05, 4.69) is 24.8 Å². The van der Waals surface area contributed by atoms with Crippen molar-refractivity contribution in [1.82, 2.24) is 19.9 Å². The van der Waals surface area contributed by atoms with Gasteiger partial charge in [-0.15, -0.1) is 0 Å². The molecule has 2 aliphatic rings. The number of aromatic amines is 1. The number of halogens is 1. The molecule has 1 N–H and O–H groups in total. The van der Waals surface area contributed by atoms with E-state index in [9.17, 15) is 4.39 Å². The van der Waals surface area contributed by atoms with E-state index in [0.717, 1.165) is 24.4 Å². The van der Waals surface area contributed by atoms with Gasteiger partial charge in [-0.05, 0) is 12.1 Å². The van der Waals surface area contributed by atoms with Gasteiger partial charge in [0.05, 0.1) is 25.6 Å². The third-order valence-electron chi connectivity index (χ3n) is 5.23. The average molecular weight is 355 g/mol. The van der Waals surface area contributed by atoms with Crippen molar-refractivity contribution in [3.05, 3.63) is 42.7 Å². The molecule has 2 saturated heterocycles. The van der Waals surface area contributed by atoms with Gasteiger partial charge in [-0.1, -0.05) is 12.1 Å². The Bertz CT molecular complexity index is 933. The van der Waals surface area contributed by atoms with Gasteiger partial charge < -0.3 is 19.4 Å². The molecular formula is C18H18FN5O2. The van der Waals surface area contributed by atoms with E-state index in [0.29, 0.717) is 30.5 Å². The summed E-state index contributed by atoms with van der Waals surface area (Å²) < 4.78 is 25.4. The Morgan fingerprint density at radius 1 is 1.23 bits per heavy atom. The zero-order chi connectivity index (χ0) is 17.5. The van der Waals surface area contributed by atoms with E-state index >= 15 is 0 Å². The predicted molar refractivity (Wildman–Crippen MR) is 92.5 cm³/mol. The highest BCUT2D eigenvalue weighted by atomic mass is 19.1. The Morgan fingerprint density at radius 2 is 2.15 bits per heavy atom. The first kappa shape index (κ1) is 15.5. The molecule has 4 heterocycles. The number of rotatable bonds is 4. The minimum Gasteiger partial charge on any atom is -0.490 e. The summed E-state index contributed by atoms with van der Waals surface area (Å²) in [5.74, 6) is 1.36. The quantitative estimate of drug-likeness (QED) is 0.772. The van der Waals surface area contributed by atoms with Crippen molar-refractivity contribution in [2.75, 3.05) is 31.2 Å². The number of nitrogens with one attached hydrogen (secondary N) is 1. The number of H-pyrrole nitrogens is 1. The summed E-state index contributed by atoms with van der Waals surface area (Å²) >= 11 is 0. The highest BCUT2D eigenvalue weighted by molar-refractivity contribution is 5.82. The number of nitrogens with zero attached hydrogens (tertiary/aromatic N) is 4. The number of fused-ring (bicyclic) bond motifs is 2. The molecule has 8 heteroatoms. The highest BCUT2D eigenvalue weighted by Crippen LogP contribution is 2.37. The number of ether oxygens (including phenoxy) is 2. The molecule has 0 aliphatic carbocycles. The van der Waals surface area contributed by atoms with Crippen molar-refractivity contribution in [3.63, 3.8) is 0 Å². The third kappa shape index (κ3) is 2.57. The van der Waals surface area contributed by atoms with Crippen LogP contribution >= 0.6 is 0 Å². The molecule has 3 atom stereocenters. The first-order valence-electron chi connectivity index (χ1n) is 8.67. The maximum Gasteiger partial charge on any atom is 0.182 e. The van der Waals surface area contributed by atoms with Crippen LogP contribution in [-0.2, 0) is 4.74 Å². The van der Waals surface area contributed by atoms with Crippen LogP contribution in [0.25, 0.3) is 11.2 Å².